The van der Waals surface area contributed by atoms with Gasteiger partial charge in [0.25, 0.3) is 10.0 Å². The maximum atomic E-state index is 12.9. The minimum atomic E-state index is -3.57. The molecule has 2 aliphatic heterocycles. The highest BCUT2D eigenvalue weighted by Crippen LogP contribution is 2.37. The monoisotopic (exact) mass is 373 g/mol. The van der Waals surface area contributed by atoms with E-state index in [4.69, 9.17) is 0 Å². The van der Waals surface area contributed by atoms with Gasteiger partial charge in [-0.25, -0.2) is 12.4 Å². The van der Waals surface area contributed by atoms with Crippen molar-refractivity contribution in [3.63, 3.8) is 0 Å². The van der Waals surface area contributed by atoms with Crippen LogP contribution in [0.2, 0.25) is 0 Å². The second kappa shape index (κ2) is 6.55. The average molecular weight is 373 g/mol. The van der Waals surface area contributed by atoms with E-state index < -0.39 is 10.0 Å². The molecule has 0 unspecified atom stereocenters. The third-order valence-corrected chi connectivity index (χ3v) is 7.33. The van der Waals surface area contributed by atoms with Gasteiger partial charge in [0.1, 0.15) is 0 Å². The van der Waals surface area contributed by atoms with E-state index in [9.17, 15) is 13.2 Å². The topological polar surface area (TPSA) is 71.4 Å². The first-order chi connectivity index (χ1) is 12.5. The van der Waals surface area contributed by atoms with Gasteiger partial charge in [-0.2, -0.15) is 0 Å². The highest BCUT2D eigenvalue weighted by molar-refractivity contribution is 7.90. The first-order valence-electron chi connectivity index (χ1n) is 8.95. The summed E-state index contributed by atoms with van der Waals surface area (Å²) in [7, 11) is -3.57. The van der Waals surface area contributed by atoms with Crippen molar-refractivity contribution < 1.29 is 13.2 Å². The van der Waals surface area contributed by atoms with Crippen molar-refractivity contribution in [2.24, 2.45) is 5.41 Å². The predicted molar refractivity (Wildman–Crippen MR) is 98.0 cm³/mol. The molecule has 1 aromatic carbocycles. The van der Waals surface area contributed by atoms with Crippen LogP contribution < -0.4 is 5.32 Å². The zero-order valence-electron chi connectivity index (χ0n) is 14.6. The van der Waals surface area contributed by atoms with Crippen LogP contribution in [0.25, 0.3) is 0 Å². The molecule has 0 bridgehead atoms. The molecule has 0 radical (unpaired) electrons. The Balaban J connectivity index is 1.48. The molecule has 2 aliphatic rings. The van der Waals surface area contributed by atoms with E-state index in [2.05, 4.69) is 10.2 Å². The number of nitrogens with one attached hydrogen (secondary N) is 1. The second-order valence-corrected chi connectivity index (χ2v) is 9.16. The van der Waals surface area contributed by atoms with Gasteiger partial charge in [-0.1, -0.05) is 18.2 Å². The lowest BCUT2D eigenvalue weighted by atomic mass is 9.77. The van der Waals surface area contributed by atoms with E-state index in [1.807, 2.05) is 12.1 Å². The maximum absolute atomic E-state index is 12.9. The van der Waals surface area contributed by atoms with E-state index in [1.54, 1.807) is 36.5 Å². The zero-order chi connectivity index (χ0) is 18.2. The van der Waals surface area contributed by atoms with E-state index in [-0.39, 0.29) is 11.3 Å². The number of carbonyl (C=O) groups is 1. The molecule has 2 fully saturated rings. The number of aromatic nitrogens is 1. The summed E-state index contributed by atoms with van der Waals surface area (Å²) in [4.78, 5) is 14.1. The minimum Gasteiger partial charge on any atom is -0.356 e. The number of rotatable bonds is 4. The molecule has 0 aliphatic carbocycles. The molecule has 2 aromatic rings. The lowest BCUT2D eigenvalue weighted by Gasteiger charge is -2.38. The molecular weight excluding hydrogens is 350 g/mol. The minimum absolute atomic E-state index is 0.103. The maximum Gasteiger partial charge on any atom is 0.267 e. The molecular formula is C19H23N3O3S. The fourth-order valence-corrected chi connectivity index (χ4v) is 5.37. The summed E-state index contributed by atoms with van der Waals surface area (Å²) in [5, 5.41) is 2.95. The van der Waals surface area contributed by atoms with Gasteiger partial charge in [-0.05, 0) is 55.6 Å². The van der Waals surface area contributed by atoms with E-state index in [0.29, 0.717) is 17.9 Å². The number of hydrogen-bond donors (Lipinski definition) is 1. The Labute approximate surface area is 153 Å². The number of benzene rings is 1. The summed E-state index contributed by atoms with van der Waals surface area (Å²) in [6, 6.07) is 12.2. The molecule has 1 spiro atoms. The van der Waals surface area contributed by atoms with Gasteiger partial charge in [0.2, 0.25) is 5.91 Å². The number of piperidine rings is 1. The summed E-state index contributed by atoms with van der Waals surface area (Å²) in [5.74, 6) is 0.154. The third-order valence-electron chi connectivity index (χ3n) is 5.59. The average Bonchev–Trinajstić information content (AvgIpc) is 3.25. The smallest absolute Gasteiger partial charge is 0.267 e. The van der Waals surface area contributed by atoms with Crippen molar-refractivity contribution in [3.8, 4) is 0 Å². The lowest BCUT2D eigenvalue weighted by molar-refractivity contribution is -0.119. The molecule has 4 rings (SSSR count). The van der Waals surface area contributed by atoms with Crippen LogP contribution in [0.4, 0.5) is 0 Å². The summed E-state index contributed by atoms with van der Waals surface area (Å²) in [6.07, 6.45) is 4.18. The Morgan fingerprint density at radius 1 is 1.04 bits per heavy atom. The predicted octanol–water partition coefficient (Wildman–Crippen LogP) is 1.83. The molecule has 138 valence electrons. The van der Waals surface area contributed by atoms with E-state index >= 15 is 0 Å². The zero-order valence-corrected chi connectivity index (χ0v) is 15.4. The van der Waals surface area contributed by atoms with Gasteiger partial charge in [-0.15, -0.1) is 0 Å². The highest BCUT2D eigenvalue weighted by Gasteiger charge is 2.40. The van der Waals surface area contributed by atoms with Crippen LogP contribution in [-0.2, 0) is 21.4 Å². The molecule has 0 saturated carbocycles. The van der Waals surface area contributed by atoms with Crippen LogP contribution in [-0.4, -0.2) is 42.8 Å². The van der Waals surface area contributed by atoms with Gasteiger partial charge < -0.3 is 5.32 Å². The fraction of sp³-hybridized carbons (Fsp3) is 0.421. The van der Waals surface area contributed by atoms with Gasteiger partial charge >= 0.3 is 0 Å². The summed E-state index contributed by atoms with van der Waals surface area (Å²) in [6.45, 7) is 3.13. The first-order valence-corrected chi connectivity index (χ1v) is 10.4. The van der Waals surface area contributed by atoms with Crippen molar-refractivity contribution in [3.05, 3.63) is 54.4 Å². The number of amides is 1. The third kappa shape index (κ3) is 3.17. The van der Waals surface area contributed by atoms with Crippen LogP contribution in [0.5, 0.6) is 0 Å². The van der Waals surface area contributed by atoms with Crippen LogP contribution in [0.3, 0.4) is 0 Å². The Kier molecular flexibility index (Phi) is 4.36. The standard InChI is InChI=1S/C19H23N3O3S/c23-18-13-19(15-20-18)8-11-21(12-9-19)14-16-5-4-10-22(16)26(24,25)17-6-2-1-3-7-17/h1-7,10H,8-9,11-15H2,(H,20,23). The van der Waals surface area contributed by atoms with Crippen molar-refractivity contribution in [1.29, 1.82) is 0 Å². The number of carbonyl (C=O) groups excluding carboxylic acids is 1. The largest absolute Gasteiger partial charge is 0.356 e. The van der Waals surface area contributed by atoms with Gasteiger partial charge in [0, 0.05) is 31.4 Å². The summed E-state index contributed by atoms with van der Waals surface area (Å²) >= 11 is 0. The molecule has 26 heavy (non-hydrogen) atoms. The van der Waals surface area contributed by atoms with Crippen molar-refractivity contribution in [2.75, 3.05) is 19.6 Å². The Morgan fingerprint density at radius 2 is 1.77 bits per heavy atom. The van der Waals surface area contributed by atoms with Gasteiger partial charge in [0.05, 0.1) is 4.90 Å². The number of nitrogens with zero attached hydrogens (tertiary/aromatic N) is 2. The van der Waals surface area contributed by atoms with Gasteiger partial charge in [0.15, 0.2) is 0 Å². The fourth-order valence-electron chi connectivity index (χ4n) is 3.98. The van der Waals surface area contributed by atoms with Crippen molar-refractivity contribution in [2.45, 2.75) is 30.7 Å². The molecule has 2 saturated heterocycles. The summed E-state index contributed by atoms with van der Waals surface area (Å²) < 4.78 is 27.2. The Hall–Kier alpha value is -2.12. The quantitative estimate of drug-likeness (QED) is 0.888. The van der Waals surface area contributed by atoms with Crippen LogP contribution >= 0.6 is 0 Å². The highest BCUT2D eigenvalue weighted by atomic mass is 32.2. The second-order valence-electron chi connectivity index (χ2n) is 7.34. The van der Waals surface area contributed by atoms with Crippen molar-refractivity contribution in [1.82, 2.24) is 14.2 Å². The SMILES string of the molecule is O=C1CC2(CCN(Cc3cccn3S(=O)(=O)c3ccccc3)CC2)CN1. The van der Waals surface area contributed by atoms with E-state index in [0.717, 1.165) is 38.2 Å². The Bertz CT molecular complexity index is 897. The van der Waals surface area contributed by atoms with Gasteiger partial charge in [-0.3, -0.25) is 9.69 Å². The molecule has 6 nitrogen and oxygen atoms in total. The molecule has 1 amide bonds. The van der Waals surface area contributed by atoms with Crippen LogP contribution in [0.15, 0.2) is 53.6 Å². The number of hydrogen-bond acceptors (Lipinski definition) is 4. The van der Waals surface area contributed by atoms with Crippen LogP contribution in [0.1, 0.15) is 25.0 Å². The molecule has 7 heteroatoms. The van der Waals surface area contributed by atoms with Crippen molar-refractivity contribution >= 4 is 15.9 Å². The summed E-state index contributed by atoms with van der Waals surface area (Å²) in [5.41, 5.74) is 0.872. The first kappa shape index (κ1) is 17.3. The molecule has 1 N–H and O–H groups in total. The number of likely N-dealkylation sites (tertiary alicyclic amines) is 1. The lowest BCUT2D eigenvalue weighted by Crippen LogP contribution is -2.41. The Morgan fingerprint density at radius 3 is 2.42 bits per heavy atom. The normalized spacial score (nSPS) is 20.4. The van der Waals surface area contributed by atoms with E-state index in [1.165, 1.54) is 3.97 Å². The molecule has 0 atom stereocenters. The molecule has 3 heterocycles. The van der Waals surface area contributed by atoms with Crippen LogP contribution in [0, 0.1) is 5.41 Å². The molecule has 1 aromatic heterocycles.